The van der Waals surface area contributed by atoms with Crippen molar-refractivity contribution in [2.45, 2.75) is 19.3 Å². The van der Waals surface area contributed by atoms with E-state index in [1.807, 2.05) is 43.3 Å². The fourth-order valence-electron chi connectivity index (χ4n) is 3.25. The molecule has 0 saturated heterocycles. The summed E-state index contributed by atoms with van der Waals surface area (Å²) in [6.07, 6.45) is 3.17. The summed E-state index contributed by atoms with van der Waals surface area (Å²) in [5.41, 5.74) is 0.861. The monoisotopic (exact) mass is 475 g/mol. The largest absolute Gasteiger partial charge is 0.501 e. The standard InChI is InChI=1S/C18H18N4O4.C7H4FN/c1-11(8-12-6-4-3-5-7-12)16-21-14(15(23)18(25)22(16)2)17(24)20-13-9-19-26-10-13;8-7-3-1-6(5-9)2-4-7/h3-7,9-11,23H,8H2,1-2H3,(H,20,24);1-4H. The summed E-state index contributed by atoms with van der Waals surface area (Å²) in [6, 6.07) is 17.0. The molecule has 1 atom stereocenters. The van der Waals surface area contributed by atoms with Gasteiger partial charge in [0, 0.05) is 13.0 Å². The molecule has 2 heterocycles. The fourth-order valence-corrected chi connectivity index (χ4v) is 3.25. The highest BCUT2D eigenvalue weighted by Crippen LogP contribution is 2.21. The molecule has 0 spiro atoms. The molecule has 0 aliphatic carbocycles. The quantitative estimate of drug-likeness (QED) is 0.449. The first-order valence-corrected chi connectivity index (χ1v) is 10.5. The molecule has 178 valence electrons. The van der Waals surface area contributed by atoms with Gasteiger partial charge in [0.25, 0.3) is 11.5 Å². The molecule has 0 saturated carbocycles. The first-order valence-electron chi connectivity index (χ1n) is 10.5. The minimum atomic E-state index is -0.712. The Balaban J connectivity index is 0.000000320. The van der Waals surface area contributed by atoms with E-state index in [2.05, 4.69) is 20.0 Å². The molecule has 10 heteroatoms. The van der Waals surface area contributed by atoms with Crippen LogP contribution in [0.2, 0.25) is 0 Å². The van der Waals surface area contributed by atoms with E-state index >= 15 is 0 Å². The number of nitriles is 1. The van der Waals surface area contributed by atoms with Gasteiger partial charge in [0.05, 0.1) is 17.8 Å². The summed E-state index contributed by atoms with van der Waals surface area (Å²) in [4.78, 5) is 29.0. The topological polar surface area (TPSA) is 134 Å². The third kappa shape index (κ3) is 6.39. The highest BCUT2D eigenvalue weighted by Gasteiger charge is 2.23. The maximum atomic E-state index is 12.4. The van der Waals surface area contributed by atoms with E-state index in [1.165, 1.54) is 48.3 Å². The van der Waals surface area contributed by atoms with Crippen molar-refractivity contribution in [3.05, 3.63) is 106 Å². The molecule has 2 N–H and O–H groups in total. The number of nitrogens with one attached hydrogen (secondary N) is 1. The molecule has 1 amide bonds. The van der Waals surface area contributed by atoms with E-state index in [0.29, 0.717) is 23.5 Å². The van der Waals surface area contributed by atoms with E-state index in [-0.39, 0.29) is 17.4 Å². The summed E-state index contributed by atoms with van der Waals surface area (Å²) in [6.45, 7) is 1.91. The molecule has 0 radical (unpaired) electrons. The van der Waals surface area contributed by atoms with Crippen LogP contribution in [0.4, 0.5) is 10.1 Å². The second-order valence-electron chi connectivity index (χ2n) is 7.61. The zero-order valence-electron chi connectivity index (χ0n) is 19.0. The molecule has 0 aliphatic heterocycles. The Morgan fingerprint density at radius 3 is 2.51 bits per heavy atom. The van der Waals surface area contributed by atoms with Crippen LogP contribution in [0.5, 0.6) is 5.75 Å². The van der Waals surface area contributed by atoms with Gasteiger partial charge in [-0.2, -0.15) is 5.26 Å². The third-order valence-corrected chi connectivity index (χ3v) is 5.01. The molecule has 9 nitrogen and oxygen atoms in total. The van der Waals surface area contributed by atoms with Crippen LogP contribution in [-0.4, -0.2) is 25.7 Å². The van der Waals surface area contributed by atoms with Crippen molar-refractivity contribution in [1.82, 2.24) is 14.7 Å². The summed E-state index contributed by atoms with van der Waals surface area (Å²) in [5.74, 6) is -1.45. The first-order chi connectivity index (χ1) is 16.8. The number of benzene rings is 2. The number of aromatic hydroxyl groups is 1. The Labute approximate surface area is 200 Å². The molecule has 2 aromatic carbocycles. The molecule has 4 aromatic rings. The average Bonchev–Trinajstić information content (AvgIpc) is 3.37. The van der Waals surface area contributed by atoms with Crippen LogP contribution in [0.25, 0.3) is 0 Å². The number of aromatic nitrogens is 3. The van der Waals surface area contributed by atoms with Crippen molar-refractivity contribution in [2.24, 2.45) is 7.05 Å². The molecule has 35 heavy (non-hydrogen) atoms. The number of hydrogen-bond acceptors (Lipinski definition) is 7. The zero-order chi connectivity index (χ0) is 25.4. The van der Waals surface area contributed by atoms with Gasteiger partial charge in [-0.15, -0.1) is 0 Å². The van der Waals surface area contributed by atoms with Crippen LogP contribution in [0, 0.1) is 17.1 Å². The third-order valence-electron chi connectivity index (χ3n) is 5.01. The van der Waals surface area contributed by atoms with Gasteiger partial charge in [0.1, 0.15) is 23.6 Å². The SMILES string of the molecule is CC(Cc1ccccc1)c1nc(C(=O)Nc2cnoc2)c(O)c(=O)n1C.N#Cc1ccc(F)cc1. The smallest absolute Gasteiger partial charge is 0.296 e. The van der Waals surface area contributed by atoms with Crippen molar-refractivity contribution < 1.29 is 18.8 Å². The Morgan fingerprint density at radius 1 is 1.23 bits per heavy atom. The highest BCUT2D eigenvalue weighted by atomic mass is 19.1. The van der Waals surface area contributed by atoms with Crippen LogP contribution in [0.1, 0.15) is 40.3 Å². The van der Waals surface area contributed by atoms with Gasteiger partial charge in [-0.05, 0) is 36.2 Å². The predicted octanol–water partition coefficient (Wildman–Crippen LogP) is 3.77. The van der Waals surface area contributed by atoms with Crippen molar-refractivity contribution in [1.29, 1.82) is 5.26 Å². The molecule has 0 bridgehead atoms. The average molecular weight is 475 g/mol. The lowest BCUT2D eigenvalue weighted by Crippen LogP contribution is -2.28. The van der Waals surface area contributed by atoms with Crippen LogP contribution in [0.3, 0.4) is 0 Å². The zero-order valence-corrected chi connectivity index (χ0v) is 19.0. The van der Waals surface area contributed by atoms with Crippen LogP contribution in [-0.2, 0) is 13.5 Å². The maximum absolute atomic E-state index is 12.4. The molecular weight excluding hydrogens is 453 g/mol. The van der Waals surface area contributed by atoms with Crippen LogP contribution >= 0.6 is 0 Å². The van der Waals surface area contributed by atoms with E-state index in [1.54, 1.807) is 0 Å². The predicted molar refractivity (Wildman–Crippen MR) is 125 cm³/mol. The van der Waals surface area contributed by atoms with Crippen molar-refractivity contribution in [3.8, 4) is 11.8 Å². The van der Waals surface area contributed by atoms with Gasteiger partial charge in [-0.3, -0.25) is 14.2 Å². The Hall–Kier alpha value is -4.78. The molecule has 0 aliphatic rings. The van der Waals surface area contributed by atoms with Crippen LogP contribution in [0.15, 0.2) is 76.4 Å². The Morgan fingerprint density at radius 2 is 1.91 bits per heavy atom. The lowest BCUT2D eigenvalue weighted by molar-refractivity contribution is 0.101. The van der Waals surface area contributed by atoms with E-state index in [0.717, 1.165) is 5.56 Å². The number of amides is 1. The number of halogens is 1. The number of carbonyl (C=O) groups excluding carboxylic acids is 1. The number of carbonyl (C=O) groups is 1. The fraction of sp³-hybridized carbons (Fsp3) is 0.160. The second-order valence-corrected chi connectivity index (χ2v) is 7.61. The van der Waals surface area contributed by atoms with E-state index in [9.17, 15) is 19.1 Å². The Kier molecular flexibility index (Phi) is 8.08. The Bertz CT molecular complexity index is 1380. The van der Waals surface area contributed by atoms with Crippen LogP contribution < -0.4 is 10.9 Å². The van der Waals surface area contributed by atoms with Crippen molar-refractivity contribution in [2.75, 3.05) is 5.32 Å². The van der Waals surface area contributed by atoms with Gasteiger partial charge >= 0.3 is 0 Å². The van der Waals surface area contributed by atoms with Gasteiger partial charge in [0.15, 0.2) is 5.69 Å². The highest BCUT2D eigenvalue weighted by molar-refractivity contribution is 6.04. The normalized spacial score (nSPS) is 11.0. The van der Waals surface area contributed by atoms with Gasteiger partial charge < -0.3 is 14.9 Å². The lowest BCUT2D eigenvalue weighted by Gasteiger charge is -2.16. The van der Waals surface area contributed by atoms with Gasteiger partial charge in [-0.25, -0.2) is 9.37 Å². The number of rotatable bonds is 5. The summed E-state index contributed by atoms with van der Waals surface area (Å²) < 4.78 is 18.0. The first kappa shape index (κ1) is 24.9. The van der Waals surface area contributed by atoms with Crippen molar-refractivity contribution >= 4 is 11.6 Å². The number of nitrogens with zero attached hydrogens (tertiary/aromatic N) is 4. The van der Waals surface area contributed by atoms with Gasteiger partial charge in [-0.1, -0.05) is 42.4 Å². The maximum Gasteiger partial charge on any atom is 0.296 e. The molecular formula is C25H22FN5O4. The lowest BCUT2D eigenvalue weighted by atomic mass is 10.00. The summed E-state index contributed by atoms with van der Waals surface area (Å²) >= 11 is 0. The minimum absolute atomic E-state index is 0.141. The summed E-state index contributed by atoms with van der Waals surface area (Å²) in [5, 5.41) is 24.3. The number of anilines is 1. The van der Waals surface area contributed by atoms with Gasteiger partial charge in [0.2, 0.25) is 5.75 Å². The molecule has 1 unspecified atom stereocenters. The molecule has 2 aromatic heterocycles. The van der Waals surface area contributed by atoms with E-state index in [4.69, 9.17) is 5.26 Å². The second kappa shape index (κ2) is 11.4. The molecule has 0 fully saturated rings. The van der Waals surface area contributed by atoms with E-state index < -0.39 is 17.2 Å². The summed E-state index contributed by atoms with van der Waals surface area (Å²) in [7, 11) is 1.52. The van der Waals surface area contributed by atoms with Crippen molar-refractivity contribution in [3.63, 3.8) is 0 Å². The number of hydrogen-bond donors (Lipinski definition) is 2. The minimum Gasteiger partial charge on any atom is -0.501 e. The molecule has 4 rings (SSSR count).